The van der Waals surface area contributed by atoms with Gasteiger partial charge in [0.1, 0.15) is 0 Å². The van der Waals surface area contributed by atoms with E-state index in [9.17, 15) is 0 Å². The molecule has 0 aliphatic heterocycles. The van der Waals surface area contributed by atoms with E-state index in [4.69, 9.17) is 10.5 Å². The fraction of sp³-hybridized carbons (Fsp3) is 0.600. The van der Waals surface area contributed by atoms with Gasteiger partial charge < -0.3 is 0 Å². The van der Waals surface area contributed by atoms with Gasteiger partial charge in [0, 0.05) is 0 Å². The second kappa shape index (κ2) is 9.67. The van der Waals surface area contributed by atoms with Crippen LogP contribution in [-0.2, 0) is 0 Å². The number of hydrogen-bond acceptors (Lipinski definition) is 2. The monoisotopic (exact) mass is 230 g/mol. The fourth-order valence-corrected chi connectivity index (χ4v) is 1.43. The van der Waals surface area contributed by atoms with Crippen molar-refractivity contribution in [3.8, 4) is 12.1 Å². The topological polar surface area (TPSA) is 47.6 Å². The quantitative estimate of drug-likeness (QED) is 0.576. The molecule has 0 spiro atoms. The van der Waals surface area contributed by atoms with E-state index in [-0.39, 0.29) is 0 Å². The molecule has 0 fully saturated rings. The molecule has 0 N–H and O–H groups in total. The van der Waals surface area contributed by atoms with E-state index in [0.29, 0.717) is 12.8 Å². The predicted octanol–water partition coefficient (Wildman–Crippen LogP) is 4.51. The first kappa shape index (κ1) is 15.5. The normalized spacial score (nSPS) is 11.8. The molecule has 0 bridgehead atoms. The Kier molecular flexibility index (Phi) is 8.79. The number of nitriles is 2. The minimum Gasteiger partial charge on any atom is -0.197 e. The average molecular weight is 230 g/mol. The van der Waals surface area contributed by atoms with Crippen LogP contribution in [0.5, 0.6) is 0 Å². The summed E-state index contributed by atoms with van der Waals surface area (Å²) in [6, 6.07) is 4.31. The number of allylic oxidation sites excluding steroid dienone is 4. The van der Waals surface area contributed by atoms with Gasteiger partial charge in [-0.1, -0.05) is 51.0 Å². The Morgan fingerprint density at radius 1 is 0.824 bits per heavy atom. The summed E-state index contributed by atoms with van der Waals surface area (Å²) in [5.41, 5.74) is -0.880. The molecule has 0 radical (unpaired) electrons. The summed E-state index contributed by atoms with van der Waals surface area (Å²) >= 11 is 0. The maximum atomic E-state index is 9.15. The Balaban J connectivity index is 4.38. The van der Waals surface area contributed by atoms with Gasteiger partial charge in [-0.05, 0) is 25.7 Å². The maximum absolute atomic E-state index is 9.15. The molecule has 0 aromatic rings. The Hall–Kier alpha value is -1.54. The first-order chi connectivity index (χ1) is 8.24. The van der Waals surface area contributed by atoms with Crippen LogP contribution in [0.2, 0.25) is 0 Å². The van der Waals surface area contributed by atoms with Crippen molar-refractivity contribution in [3.05, 3.63) is 24.3 Å². The van der Waals surface area contributed by atoms with Crippen molar-refractivity contribution in [1.82, 2.24) is 0 Å². The zero-order valence-electron chi connectivity index (χ0n) is 10.9. The summed E-state index contributed by atoms with van der Waals surface area (Å²) < 4.78 is 0. The van der Waals surface area contributed by atoms with E-state index in [1.54, 1.807) is 0 Å². The van der Waals surface area contributed by atoms with Crippen LogP contribution >= 0.6 is 0 Å². The van der Waals surface area contributed by atoms with Crippen molar-refractivity contribution in [1.29, 1.82) is 10.5 Å². The average Bonchev–Trinajstić information content (AvgIpc) is 2.37. The van der Waals surface area contributed by atoms with E-state index in [2.05, 4.69) is 38.1 Å². The highest BCUT2D eigenvalue weighted by Gasteiger charge is 2.26. The Morgan fingerprint density at radius 3 is 1.53 bits per heavy atom. The summed E-state index contributed by atoms with van der Waals surface area (Å²) in [4.78, 5) is 0. The molecular formula is C15H22N2. The lowest BCUT2D eigenvalue weighted by molar-refractivity contribution is 0.536. The predicted molar refractivity (Wildman–Crippen MR) is 71.0 cm³/mol. The third kappa shape index (κ3) is 6.59. The van der Waals surface area contributed by atoms with Crippen LogP contribution < -0.4 is 0 Å². The zero-order chi connectivity index (χ0) is 13.0. The molecule has 92 valence electrons. The van der Waals surface area contributed by atoms with Crippen LogP contribution in [0.1, 0.15) is 52.4 Å². The van der Waals surface area contributed by atoms with Crippen molar-refractivity contribution in [2.45, 2.75) is 52.4 Å². The van der Waals surface area contributed by atoms with Crippen molar-refractivity contribution in [2.24, 2.45) is 5.41 Å². The van der Waals surface area contributed by atoms with Gasteiger partial charge in [0.15, 0.2) is 5.41 Å². The van der Waals surface area contributed by atoms with Gasteiger partial charge >= 0.3 is 0 Å². The second-order valence-electron chi connectivity index (χ2n) is 4.23. The molecule has 0 rings (SSSR count). The van der Waals surface area contributed by atoms with Gasteiger partial charge in [0.25, 0.3) is 0 Å². The SMILES string of the molecule is CCC/C=C/CC(C#N)(C#N)C/C=C/CCC. The summed E-state index contributed by atoms with van der Waals surface area (Å²) in [5, 5.41) is 18.3. The molecule has 2 heteroatoms. The number of nitrogens with zero attached hydrogens (tertiary/aromatic N) is 2. The van der Waals surface area contributed by atoms with E-state index in [0.717, 1.165) is 25.7 Å². The minimum atomic E-state index is -0.880. The van der Waals surface area contributed by atoms with Crippen molar-refractivity contribution in [3.63, 3.8) is 0 Å². The van der Waals surface area contributed by atoms with Crippen LogP contribution in [0, 0.1) is 28.1 Å². The van der Waals surface area contributed by atoms with Gasteiger partial charge in [-0.15, -0.1) is 0 Å². The van der Waals surface area contributed by atoms with Gasteiger partial charge in [0.05, 0.1) is 12.1 Å². The first-order valence-corrected chi connectivity index (χ1v) is 6.37. The largest absolute Gasteiger partial charge is 0.197 e. The molecule has 17 heavy (non-hydrogen) atoms. The zero-order valence-corrected chi connectivity index (χ0v) is 10.9. The molecule has 0 atom stereocenters. The first-order valence-electron chi connectivity index (χ1n) is 6.37. The van der Waals surface area contributed by atoms with E-state index >= 15 is 0 Å². The summed E-state index contributed by atoms with van der Waals surface area (Å²) in [6.45, 7) is 4.22. The Bertz CT molecular complexity index is 292. The fourth-order valence-electron chi connectivity index (χ4n) is 1.43. The lowest BCUT2D eigenvalue weighted by Gasteiger charge is -2.13. The van der Waals surface area contributed by atoms with Gasteiger partial charge in [0.2, 0.25) is 0 Å². The molecular weight excluding hydrogens is 208 g/mol. The van der Waals surface area contributed by atoms with Crippen molar-refractivity contribution < 1.29 is 0 Å². The highest BCUT2D eigenvalue weighted by molar-refractivity contribution is 5.18. The lowest BCUT2D eigenvalue weighted by Crippen LogP contribution is -2.13. The van der Waals surface area contributed by atoms with Gasteiger partial charge in [-0.2, -0.15) is 10.5 Å². The van der Waals surface area contributed by atoms with E-state index < -0.39 is 5.41 Å². The van der Waals surface area contributed by atoms with Crippen LogP contribution in [0.4, 0.5) is 0 Å². The molecule has 0 amide bonds. The van der Waals surface area contributed by atoms with E-state index in [1.165, 1.54) is 0 Å². The van der Waals surface area contributed by atoms with Crippen LogP contribution in [0.3, 0.4) is 0 Å². The summed E-state index contributed by atoms with van der Waals surface area (Å²) in [7, 11) is 0. The van der Waals surface area contributed by atoms with Crippen molar-refractivity contribution >= 4 is 0 Å². The lowest BCUT2D eigenvalue weighted by atomic mass is 9.84. The summed E-state index contributed by atoms with van der Waals surface area (Å²) in [6.07, 6.45) is 13.3. The number of rotatable bonds is 8. The number of hydrogen-bond donors (Lipinski definition) is 0. The Labute approximate surface area is 105 Å². The molecule has 0 aromatic heterocycles. The smallest absolute Gasteiger partial charge is 0.150 e. The molecule has 2 nitrogen and oxygen atoms in total. The van der Waals surface area contributed by atoms with Crippen molar-refractivity contribution in [2.75, 3.05) is 0 Å². The molecule has 0 aliphatic carbocycles. The Morgan fingerprint density at radius 2 is 1.24 bits per heavy atom. The van der Waals surface area contributed by atoms with E-state index in [1.807, 2.05) is 12.2 Å². The second-order valence-corrected chi connectivity index (χ2v) is 4.23. The molecule has 0 saturated heterocycles. The molecule has 0 saturated carbocycles. The summed E-state index contributed by atoms with van der Waals surface area (Å²) in [5.74, 6) is 0. The molecule has 0 unspecified atom stereocenters. The standard InChI is InChI=1S/C15H22N2/c1-3-5-7-9-11-15(13-16,14-17)12-10-8-6-4-2/h7-10H,3-6,11-12H2,1-2H3/b9-7+,10-8+. The molecule has 0 aliphatic rings. The third-order valence-electron chi connectivity index (χ3n) is 2.60. The van der Waals surface area contributed by atoms with Gasteiger partial charge in [-0.25, -0.2) is 0 Å². The minimum absolute atomic E-state index is 0.524. The molecule has 0 heterocycles. The third-order valence-corrected chi connectivity index (χ3v) is 2.60. The number of unbranched alkanes of at least 4 members (excludes halogenated alkanes) is 2. The maximum Gasteiger partial charge on any atom is 0.150 e. The molecule has 0 aromatic carbocycles. The van der Waals surface area contributed by atoms with Crippen LogP contribution in [0.25, 0.3) is 0 Å². The van der Waals surface area contributed by atoms with Gasteiger partial charge in [-0.3, -0.25) is 0 Å². The highest BCUT2D eigenvalue weighted by atomic mass is 14.4. The van der Waals surface area contributed by atoms with Crippen LogP contribution in [-0.4, -0.2) is 0 Å². The van der Waals surface area contributed by atoms with Crippen LogP contribution in [0.15, 0.2) is 24.3 Å². The highest BCUT2D eigenvalue weighted by Crippen LogP contribution is 2.26.